The van der Waals surface area contributed by atoms with Gasteiger partial charge in [0.1, 0.15) is 28.1 Å². The van der Waals surface area contributed by atoms with Crippen LogP contribution in [0.25, 0.3) is 0 Å². The maximum Gasteiger partial charge on any atom is 0.425 e. The highest BCUT2D eigenvalue weighted by Crippen LogP contribution is 2.47. The molecule has 4 aromatic rings. The minimum Gasteiger partial charge on any atom is -0.424 e. The van der Waals surface area contributed by atoms with Crippen molar-refractivity contribution in [2.75, 3.05) is 9.96 Å². The second kappa shape index (κ2) is 15.7. The molecule has 0 heterocycles. The monoisotopic (exact) mass is 806 g/mol. The van der Waals surface area contributed by atoms with Crippen LogP contribution in [0, 0.1) is 39.3 Å². The molecule has 0 aliphatic heterocycles. The van der Waals surface area contributed by atoms with Gasteiger partial charge in [0, 0.05) is 11.4 Å². The van der Waals surface area contributed by atoms with E-state index in [1.54, 1.807) is 27.7 Å². The zero-order chi connectivity index (χ0) is 40.0. The molecule has 53 heavy (non-hydrogen) atoms. The molecule has 2 atom stereocenters. The van der Waals surface area contributed by atoms with Crippen LogP contribution in [0.5, 0.6) is 0 Å². The number of hydrogen-bond acceptors (Lipinski definition) is 4. The molecule has 292 valence electrons. The van der Waals surface area contributed by atoms with E-state index in [-0.39, 0.29) is 23.5 Å². The van der Waals surface area contributed by atoms with Crippen molar-refractivity contribution in [3.63, 3.8) is 0 Å². The van der Waals surface area contributed by atoms with Gasteiger partial charge in [-0.15, -0.1) is 12.4 Å². The van der Waals surface area contributed by atoms with Crippen LogP contribution in [-0.2, 0) is 11.2 Å². The number of anilines is 2. The van der Waals surface area contributed by atoms with Crippen molar-refractivity contribution >= 4 is 40.3 Å². The number of benzene rings is 4. The summed E-state index contributed by atoms with van der Waals surface area (Å²) >= 11 is 0. The first kappa shape index (κ1) is 45.7. The highest BCUT2D eigenvalue weighted by molar-refractivity contribution is 6.99. The van der Waals surface area contributed by atoms with E-state index in [1.807, 2.05) is 0 Å². The Morgan fingerprint density at radius 2 is 0.774 bits per heavy atom. The van der Waals surface area contributed by atoms with E-state index in [2.05, 4.69) is 43.5 Å². The van der Waals surface area contributed by atoms with Gasteiger partial charge in [-0.05, 0) is 96.5 Å². The lowest BCUT2D eigenvalue weighted by atomic mass is 9.84. The van der Waals surface area contributed by atoms with Gasteiger partial charge in [0.15, 0.2) is 0 Å². The number of nitrogens with zero attached hydrogens (tertiary/aromatic N) is 1. The van der Waals surface area contributed by atoms with Gasteiger partial charge < -0.3 is 20.2 Å². The van der Waals surface area contributed by atoms with E-state index < -0.39 is 62.8 Å². The molecule has 0 aliphatic carbocycles. The first-order chi connectivity index (χ1) is 23.5. The molecule has 15 heteroatoms. The van der Waals surface area contributed by atoms with Crippen molar-refractivity contribution in [3.8, 4) is 0 Å². The Balaban J connectivity index is 0.000000376. The van der Waals surface area contributed by atoms with E-state index >= 15 is 0 Å². The third kappa shape index (κ3) is 9.27. The maximum atomic E-state index is 14.1. The highest BCUT2D eigenvalue weighted by atomic mass is 35.5. The molecule has 0 radical (unpaired) electrons. The van der Waals surface area contributed by atoms with Gasteiger partial charge in [-0.1, -0.05) is 87.8 Å². The molecule has 4 nitrogen and oxygen atoms in total. The van der Waals surface area contributed by atoms with Crippen molar-refractivity contribution in [3.05, 3.63) is 129 Å². The summed E-state index contributed by atoms with van der Waals surface area (Å²) in [7, 11) is -3.65. The van der Waals surface area contributed by atoms with Gasteiger partial charge >= 0.3 is 12.4 Å². The van der Waals surface area contributed by atoms with Gasteiger partial charge in [-0.2, -0.15) is 26.3 Å². The van der Waals surface area contributed by atoms with E-state index in [0.29, 0.717) is 27.9 Å². The van der Waals surface area contributed by atoms with E-state index in [0.717, 1.165) is 54.2 Å². The second-order valence-corrected chi connectivity index (χ2v) is 25.1. The number of aryl methyl sites for hydroxylation is 4. The molecular formula is C38H47ClF8N2O2Si2. The molecule has 4 rings (SSSR count). The molecule has 0 saturated carbocycles. The third-order valence-corrected chi connectivity index (χ3v) is 16.0. The lowest BCUT2D eigenvalue weighted by molar-refractivity contribution is -0.248. The van der Waals surface area contributed by atoms with Crippen LogP contribution in [0.15, 0.2) is 72.8 Å². The van der Waals surface area contributed by atoms with Crippen LogP contribution in [0.4, 0.5) is 46.5 Å². The van der Waals surface area contributed by atoms with Gasteiger partial charge in [0.25, 0.3) is 0 Å². The average Bonchev–Trinajstić information content (AvgIpc) is 2.99. The van der Waals surface area contributed by atoms with Gasteiger partial charge in [-0.3, -0.25) is 0 Å². The maximum absolute atomic E-state index is 14.1. The number of alkyl halides is 6. The standard InChI is InChI=1S/C22H31F4NOSi2.C16H15F4NO.ClH/c1-15-13-18(14-16(2)20(15)27(29(3,4)5)30(6,7)8)21(28,22(24,25)26)17-9-11-19(23)12-10-17;1-9-7-12(8-10(2)14(9)21)15(22,16(18,19)20)11-3-5-13(17)6-4-11;/h9-14,28H,1-8H3;3-8,22H,21H2,1-2H3;1H. The molecule has 0 bridgehead atoms. The zero-order valence-corrected chi connectivity index (χ0v) is 34.1. The Morgan fingerprint density at radius 1 is 0.509 bits per heavy atom. The summed E-state index contributed by atoms with van der Waals surface area (Å²) in [5.74, 6) is -1.34. The van der Waals surface area contributed by atoms with Crippen LogP contribution >= 0.6 is 12.4 Å². The fourth-order valence-corrected chi connectivity index (χ4v) is 16.8. The van der Waals surface area contributed by atoms with Gasteiger partial charge in [-0.25, -0.2) is 8.78 Å². The fourth-order valence-electron chi connectivity index (χ4n) is 6.75. The van der Waals surface area contributed by atoms with Gasteiger partial charge in [0.2, 0.25) is 11.2 Å². The largest absolute Gasteiger partial charge is 0.425 e. The van der Waals surface area contributed by atoms with E-state index in [4.69, 9.17) is 5.73 Å². The molecular weight excluding hydrogens is 760 g/mol. The summed E-state index contributed by atoms with van der Waals surface area (Å²) in [6.07, 6.45) is -9.94. The number of nitrogens with two attached hydrogens (primary N) is 1. The first-order valence-electron chi connectivity index (χ1n) is 16.4. The molecule has 0 saturated heterocycles. The van der Waals surface area contributed by atoms with Crippen LogP contribution in [-0.4, -0.2) is 39.0 Å². The zero-order valence-electron chi connectivity index (χ0n) is 31.3. The Labute approximate surface area is 314 Å². The number of aliphatic hydroxyl groups is 2. The first-order valence-corrected chi connectivity index (χ1v) is 23.3. The smallest absolute Gasteiger partial charge is 0.424 e. The predicted molar refractivity (Wildman–Crippen MR) is 204 cm³/mol. The van der Waals surface area contributed by atoms with Crippen LogP contribution < -0.4 is 9.96 Å². The predicted octanol–water partition coefficient (Wildman–Crippen LogP) is 11.0. The molecule has 0 fully saturated rings. The topological polar surface area (TPSA) is 69.7 Å². The van der Waals surface area contributed by atoms with Crippen LogP contribution in [0.2, 0.25) is 39.3 Å². The SMILES string of the molecule is Cc1cc(C(O)(c2ccc(F)cc2)C(F)(F)F)cc(C)c1N.Cc1cc(C(O)(c2ccc(F)cc2)C(F)(F)F)cc(C)c1N([Si](C)(C)C)[Si](C)(C)C.Cl. The molecule has 4 N–H and O–H groups in total. The van der Waals surface area contributed by atoms with Crippen molar-refractivity contribution in [2.24, 2.45) is 0 Å². The van der Waals surface area contributed by atoms with Crippen LogP contribution in [0.3, 0.4) is 0 Å². The molecule has 0 aromatic heterocycles. The lowest BCUT2D eigenvalue weighted by Gasteiger charge is -2.47. The molecule has 0 amide bonds. The molecule has 2 unspecified atom stereocenters. The Morgan fingerprint density at radius 3 is 1.02 bits per heavy atom. The molecule has 0 aliphatic rings. The quantitative estimate of drug-likeness (QED) is 0.0988. The Hall–Kier alpha value is -3.44. The van der Waals surface area contributed by atoms with Crippen molar-refractivity contribution < 1.29 is 45.3 Å². The summed E-state index contributed by atoms with van der Waals surface area (Å²) in [5, 5.41) is 21.4. The number of rotatable bonds is 7. The lowest BCUT2D eigenvalue weighted by Crippen LogP contribution is -2.60. The minimum absolute atomic E-state index is 0. The number of nitrogen functional groups attached to an aromatic ring is 1. The van der Waals surface area contributed by atoms with Crippen molar-refractivity contribution in [1.29, 1.82) is 0 Å². The highest BCUT2D eigenvalue weighted by Gasteiger charge is 2.57. The van der Waals surface area contributed by atoms with Crippen LogP contribution in [0.1, 0.15) is 44.5 Å². The van der Waals surface area contributed by atoms with Crippen molar-refractivity contribution in [2.45, 2.75) is 90.5 Å². The molecule has 4 aromatic carbocycles. The molecule has 0 spiro atoms. The summed E-state index contributed by atoms with van der Waals surface area (Å²) in [6, 6.07) is 12.7. The summed E-state index contributed by atoms with van der Waals surface area (Å²) in [5.41, 5.74) is 1.40. The van der Waals surface area contributed by atoms with E-state index in [1.165, 1.54) is 24.3 Å². The number of halogens is 9. The van der Waals surface area contributed by atoms with Gasteiger partial charge in [0.05, 0.1) is 0 Å². The summed E-state index contributed by atoms with van der Waals surface area (Å²) < 4.78 is 112. The summed E-state index contributed by atoms with van der Waals surface area (Å²) in [4.78, 5) is 0. The minimum atomic E-state index is -4.97. The third-order valence-electron chi connectivity index (χ3n) is 8.83. The number of hydrogen-bond donors (Lipinski definition) is 3. The van der Waals surface area contributed by atoms with Crippen molar-refractivity contribution in [1.82, 2.24) is 0 Å². The second-order valence-electron chi connectivity index (χ2n) is 15.1. The fraction of sp³-hybridized carbons (Fsp3) is 0.368. The van der Waals surface area contributed by atoms with E-state index in [9.17, 15) is 45.3 Å². The Bertz CT molecular complexity index is 1830. The average molecular weight is 807 g/mol. The summed E-state index contributed by atoms with van der Waals surface area (Å²) in [6.45, 7) is 20.1. The Kier molecular flexibility index (Phi) is 13.6. The normalized spacial score (nSPS) is 14.6.